The van der Waals surface area contributed by atoms with Crippen LogP contribution in [0, 0.1) is 0 Å². The van der Waals surface area contributed by atoms with Crippen molar-refractivity contribution in [3.8, 4) is 0 Å². The molecule has 0 aromatic rings. The van der Waals surface area contributed by atoms with Crippen LogP contribution in [-0.4, -0.2) is 35.2 Å². The largest absolute Gasteiger partial charge is 0.396 e. The fourth-order valence-electron chi connectivity index (χ4n) is 2.25. The highest BCUT2D eigenvalue weighted by molar-refractivity contribution is 4.81. The van der Waals surface area contributed by atoms with Gasteiger partial charge in [-0.3, -0.25) is 4.90 Å². The average Bonchev–Trinajstić information content (AvgIpc) is 2.27. The van der Waals surface area contributed by atoms with Crippen molar-refractivity contribution in [1.82, 2.24) is 4.90 Å². The van der Waals surface area contributed by atoms with Gasteiger partial charge in [0.15, 0.2) is 0 Å². The second-order valence-electron chi connectivity index (χ2n) is 5.69. The third-order valence-electron chi connectivity index (χ3n) is 3.64. The van der Waals surface area contributed by atoms with Gasteiger partial charge in [-0.1, -0.05) is 39.5 Å². The number of aliphatic hydroxyl groups is 1. The summed E-state index contributed by atoms with van der Waals surface area (Å²) in [6.07, 6.45) is 8.66. The minimum atomic E-state index is 0.149. The molecule has 0 atom stereocenters. The van der Waals surface area contributed by atoms with Crippen LogP contribution >= 0.6 is 0 Å². The summed E-state index contributed by atoms with van der Waals surface area (Å²) >= 11 is 0. The van der Waals surface area contributed by atoms with Gasteiger partial charge in [-0.15, -0.1) is 0 Å². The maximum Gasteiger partial charge on any atom is 0.0448 e. The van der Waals surface area contributed by atoms with Crippen molar-refractivity contribution in [1.29, 1.82) is 0 Å². The summed E-state index contributed by atoms with van der Waals surface area (Å²) in [4.78, 5) is 2.58. The number of hydrogen-bond donors (Lipinski definition) is 1. The summed E-state index contributed by atoms with van der Waals surface area (Å²) in [5, 5.41) is 9.17. The molecular formula is C15H33NO. The molecule has 0 saturated carbocycles. The van der Waals surface area contributed by atoms with E-state index in [0.717, 1.165) is 6.42 Å². The van der Waals surface area contributed by atoms with Gasteiger partial charge < -0.3 is 5.11 Å². The summed E-state index contributed by atoms with van der Waals surface area (Å²) in [6.45, 7) is 11.7. The van der Waals surface area contributed by atoms with E-state index >= 15 is 0 Å². The van der Waals surface area contributed by atoms with Crippen LogP contribution in [-0.2, 0) is 0 Å². The maximum atomic E-state index is 9.17. The lowest BCUT2D eigenvalue weighted by Crippen LogP contribution is -2.45. The second-order valence-corrected chi connectivity index (χ2v) is 5.69. The Hall–Kier alpha value is -0.0800. The van der Waals surface area contributed by atoms with Crippen LogP contribution in [0.15, 0.2) is 0 Å². The minimum absolute atomic E-state index is 0.149. The van der Waals surface area contributed by atoms with Gasteiger partial charge in [-0.2, -0.15) is 0 Å². The molecule has 0 aliphatic heterocycles. The van der Waals surface area contributed by atoms with E-state index in [1.54, 1.807) is 0 Å². The molecule has 17 heavy (non-hydrogen) atoms. The number of aliphatic hydroxyl groups excluding tert-OH is 1. The maximum absolute atomic E-state index is 9.17. The lowest BCUT2D eigenvalue weighted by Gasteiger charge is -2.38. The highest BCUT2D eigenvalue weighted by Crippen LogP contribution is 2.20. The molecule has 0 aromatic heterocycles. The summed E-state index contributed by atoms with van der Waals surface area (Å²) in [7, 11) is 0. The fraction of sp³-hybridized carbons (Fsp3) is 1.00. The van der Waals surface area contributed by atoms with Crippen molar-refractivity contribution >= 4 is 0 Å². The van der Waals surface area contributed by atoms with Gasteiger partial charge in [0.25, 0.3) is 0 Å². The van der Waals surface area contributed by atoms with Gasteiger partial charge >= 0.3 is 0 Å². The Morgan fingerprint density at radius 3 is 1.71 bits per heavy atom. The summed E-state index contributed by atoms with van der Waals surface area (Å²) in [6, 6.07) is 0. The van der Waals surface area contributed by atoms with Crippen LogP contribution in [0.1, 0.15) is 72.6 Å². The normalized spacial score (nSPS) is 12.4. The van der Waals surface area contributed by atoms with Gasteiger partial charge in [-0.25, -0.2) is 0 Å². The highest BCUT2D eigenvalue weighted by Gasteiger charge is 2.24. The molecule has 0 amide bonds. The van der Waals surface area contributed by atoms with Gasteiger partial charge in [0.1, 0.15) is 0 Å². The predicted octanol–water partition coefficient (Wildman–Crippen LogP) is 3.83. The van der Waals surface area contributed by atoms with Crippen LogP contribution in [0.25, 0.3) is 0 Å². The zero-order chi connectivity index (χ0) is 13.1. The van der Waals surface area contributed by atoms with Crippen molar-refractivity contribution in [2.45, 2.75) is 78.2 Å². The molecule has 0 saturated heterocycles. The van der Waals surface area contributed by atoms with Crippen molar-refractivity contribution < 1.29 is 5.11 Å². The van der Waals surface area contributed by atoms with Gasteiger partial charge in [-0.05, 0) is 46.2 Å². The molecule has 2 nitrogen and oxygen atoms in total. The molecule has 0 bridgehead atoms. The first-order chi connectivity index (χ1) is 8.08. The van der Waals surface area contributed by atoms with Crippen molar-refractivity contribution in [3.63, 3.8) is 0 Å². The van der Waals surface area contributed by atoms with E-state index < -0.39 is 0 Å². The van der Waals surface area contributed by atoms with Crippen molar-refractivity contribution in [3.05, 3.63) is 0 Å². The third kappa shape index (κ3) is 7.77. The molecule has 1 N–H and O–H groups in total. The van der Waals surface area contributed by atoms with E-state index in [1.807, 2.05) is 0 Å². The zero-order valence-corrected chi connectivity index (χ0v) is 12.5. The zero-order valence-electron chi connectivity index (χ0n) is 12.5. The second kappa shape index (κ2) is 9.90. The van der Waals surface area contributed by atoms with Crippen molar-refractivity contribution in [2.75, 3.05) is 19.7 Å². The van der Waals surface area contributed by atoms with E-state index in [9.17, 15) is 0 Å². The molecule has 0 aromatic carbocycles. The number of rotatable bonds is 11. The Kier molecular flexibility index (Phi) is 9.85. The quantitative estimate of drug-likeness (QED) is 0.558. The lowest BCUT2D eigenvalue weighted by molar-refractivity contribution is 0.0855. The fourth-order valence-corrected chi connectivity index (χ4v) is 2.25. The Bertz CT molecular complexity index is 158. The van der Waals surface area contributed by atoms with Crippen molar-refractivity contribution in [2.24, 2.45) is 0 Å². The Morgan fingerprint density at radius 2 is 1.35 bits per heavy atom. The SMILES string of the molecule is CCCCCN(CCCCC)C(C)(C)CCO. The van der Waals surface area contributed by atoms with Crippen LogP contribution in [0.4, 0.5) is 0 Å². The van der Waals surface area contributed by atoms with Crippen LogP contribution < -0.4 is 0 Å². The minimum Gasteiger partial charge on any atom is -0.396 e. The molecule has 0 aliphatic rings. The topological polar surface area (TPSA) is 23.5 Å². The molecule has 0 unspecified atom stereocenters. The van der Waals surface area contributed by atoms with Gasteiger partial charge in [0.05, 0.1) is 0 Å². The number of unbranched alkanes of at least 4 members (excludes halogenated alkanes) is 4. The summed E-state index contributed by atoms with van der Waals surface area (Å²) in [5.74, 6) is 0. The van der Waals surface area contributed by atoms with E-state index in [2.05, 4.69) is 32.6 Å². The third-order valence-corrected chi connectivity index (χ3v) is 3.64. The number of nitrogens with zero attached hydrogens (tertiary/aromatic N) is 1. The average molecular weight is 243 g/mol. The molecule has 0 heterocycles. The van der Waals surface area contributed by atoms with E-state index in [4.69, 9.17) is 5.11 Å². The Labute approximate surface area is 108 Å². The first kappa shape index (κ1) is 16.9. The highest BCUT2D eigenvalue weighted by atomic mass is 16.3. The molecule has 0 fully saturated rings. The van der Waals surface area contributed by atoms with E-state index in [1.165, 1.54) is 51.6 Å². The molecule has 0 rings (SSSR count). The first-order valence-electron chi connectivity index (χ1n) is 7.44. The Balaban J connectivity index is 4.16. The van der Waals surface area contributed by atoms with Crippen LogP contribution in [0.3, 0.4) is 0 Å². The molecule has 0 aliphatic carbocycles. The molecule has 104 valence electrons. The molecule has 0 radical (unpaired) electrons. The Morgan fingerprint density at radius 1 is 0.882 bits per heavy atom. The van der Waals surface area contributed by atoms with Crippen LogP contribution in [0.5, 0.6) is 0 Å². The van der Waals surface area contributed by atoms with E-state index in [0.29, 0.717) is 6.61 Å². The van der Waals surface area contributed by atoms with Gasteiger partial charge in [0.2, 0.25) is 0 Å². The van der Waals surface area contributed by atoms with Crippen LogP contribution in [0.2, 0.25) is 0 Å². The van der Waals surface area contributed by atoms with Gasteiger partial charge in [0, 0.05) is 12.1 Å². The smallest absolute Gasteiger partial charge is 0.0448 e. The predicted molar refractivity (Wildman–Crippen MR) is 76.4 cm³/mol. The molecule has 0 spiro atoms. The first-order valence-corrected chi connectivity index (χ1v) is 7.44. The standard InChI is InChI=1S/C15H33NO/c1-5-7-9-12-16(13-10-8-6-2)15(3,4)11-14-17/h17H,5-14H2,1-4H3. The molecule has 2 heteroatoms. The number of hydrogen-bond acceptors (Lipinski definition) is 2. The van der Waals surface area contributed by atoms with E-state index in [-0.39, 0.29) is 5.54 Å². The monoisotopic (exact) mass is 243 g/mol. The lowest BCUT2D eigenvalue weighted by atomic mass is 9.97. The summed E-state index contributed by atoms with van der Waals surface area (Å²) < 4.78 is 0. The molecular weight excluding hydrogens is 210 g/mol. The summed E-state index contributed by atoms with van der Waals surface area (Å²) in [5.41, 5.74) is 0.149.